The number of benzene rings is 1. The number of hydrogen-bond acceptors (Lipinski definition) is 8. The summed E-state index contributed by atoms with van der Waals surface area (Å²) >= 11 is 0. The minimum absolute atomic E-state index is 0.443. The van der Waals surface area contributed by atoms with Crippen LogP contribution in [0.5, 0.6) is 0 Å². The molecule has 0 atom stereocenters. The van der Waals surface area contributed by atoms with Crippen molar-refractivity contribution in [1.82, 2.24) is 0 Å². The van der Waals surface area contributed by atoms with Gasteiger partial charge < -0.3 is 18.9 Å². The molecule has 0 amide bonds. The third-order valence-corrected chi connectivity index (χ3v) is 8.33. The van der Waals surface area contributed by atoms with Crippen molar-refractivity contribution in [3.8, 4) is 0 Å². The van der Waals surface area contributed by atoms with Gasteiger partial charge in [-0.25, -0.2) is 0 Å². The van der Waals surface area contributed by atoms with Crippen molar-refractivity contribution in [2.45, 2.75) is 78.0 Å². The Kier molecular flexibility index (Phi) is 13.2. The fourth-order valence-electron chi connectivity index (χ4n) is 3.18. The molecule has 0 aliphatic heterocycles. The molecule has 0 unspecified atom stereocenters. The van der Waals surface area contributed by atoms with E-state index >= 15 is 0 Å². The number of carbonyl (C=O) groups is 4. The molecule has 0 aliphatic carbocycles. The van der Waals surface area contributed by atoms with E-state index in [2.05, 4.69) is 24.3 Å². The maximum atomic E-state index is 11.1. The highest BCUT2D eigenvalue weighted by atomic mass is 28.2. The molecule has 0 saturated carbocycles. The number of carbonyl (C=O) groups excluding carboxylic acids is 4. The first kappa shape index (κ1) is 27.6. The maximum absolute atomic E-state index is 11.1. The van der Waals surface area contributed by atoms with Crippen molar-refractivity contribution in [3.05, 3.63) is 24.3 Å². The molecule has 0 fully saturated rings. The van der Waals surface area contributed by atoms with Crippen molar-refractivity contribution in [1.29, 1.82) is 0 Å². The lowest BCUT2D eigenvalue weighted by Gasteiger charge is -2.16. The Hall–Kier alpha value is -2.47. The molecule has 8 nitrogen and oxygen atoms in total. The van der Waals surface area contributed by atoms with Gasteiger partial charge in [-0.15, -0.1) is 0 Å². The van der Waals surface area contributed by atoms with E-state index < -0.39 is 55.5 Å². The minimum atomic E-state index is -0.798. The molecule has 10 heteroatoms. The first-order chi connectivity index (χ1) is 15.2. The molecule has 1 rings (SSSR count). The number of hydrogen-bond donors (Lipinski definition) is 0. The first-order valence-electron chi connectivity index (χ1n) is 10.9. The fourth-order valence-corrected chi connectivity index (χ4v) is 6.21. The fraction of sp³-hybridized carbons (Fsp3) is 0.545. The van der Waals surface area contributed by atoms with E-state index in [9.17, 15) is 19.2 Å². The van der Waals surface area contributed by atoms with E-state index in [1.807, 2.05) is 0 Å². The van der Waals surface area contributed by atoms with E-state index in [-0.39, 0.29) is 0 Å². The van der Waals surface area contributed by atoms with Crippen molar-refractivity contribution >= 4 is 53.3 Å². The summed E-state index contributed by atoms with van der Waals surface area (Å²) in [6.07, 6.45) is 1.10. The highest BCUT2D eigenvalue weighted by molar-refractivity contribution is 6.55. The monoisotopic (exact) mass is 482 g/mol. The van der Waals surface area contributed by atoms with E-state index in [1.54, 1.807) is 0 Å². The van der Waals surface area contributed by atoms with Crippen LogP contribution in [0.25, 0.3) is 0 Å². The smallest absolute Gasteiger partial charge is 0.305 e. The summed E-state index contributed by atoms with van der Waals surface area (Å²) in [4.78, 5) is 44.4. The molecular formula is C22H34O8Si2. The first-order valence-corrected chi connectivity index (χ1v) is 14.3. The SMILES string of the molecule is CC(=O)OC(CCC[SiH2]c1ccc([SiH2]CCCC(OC(C)=O)OC(C)=O)cc1)OC(C)=O. The van der Waals surface area contributed by atoms with Crippen LogP contribution in [-0.4, -0.2) is 55.5 Å². The summed E-state index contributed by atoms with van der Waals surface area (Å²) in [7, 11) is -0.887. The molecule has 0 aliphatic rings. The van der Waals surface area contributed by atoms with Crippen molar-refractivity contribution in [3.63, 3.8) is 0 Å². The van der Waals surface area contributed by atoms with Crippen molar-refractivity contribution in [2.24, 2.45) is 0 Å². The van der Waals surface area contributed by atoms with Gasteiger partial charge >= 0.3 is 23.9 Å². The molecule has 178 valence electrons. The Labute approximate surface area is 194 Å². The number of esters is 4. The molecule has 0 N–H and O–H groups in total. The molecule has 0 aromatic heterocycles. The summed E-state index contributed by atoms with van der Waals surface area (Å²) in [6, 6.07) is 10.8. The normalized spacial score (nSPS) is 11.4. The molecular weight excluding hydrogens is 448 g/mol. The van der Waals surface area contributed by atoms with Gasteiger partial charge in [0.2, 0.25) is 12.6 Å². The molecule has 1 aromatic carbocycles. The Balaban J connectivity index is 2.32. The van der Waals surface area contributed by atoms with Crippen molar-refractivity contribution < 1.29 is 38.1 Å². The molecule has 32 heavy (non-hydrogen) atoms. The van der Waals surface area contributed by atoms with Crippen LogP contribution >= 0.6 is 0 Å². The summed E-state index contributed by atoms with van der Waals surface area (Å²) in [6.45, 7) is 5.20. The zero-order valence-corrected chi connectivity index (χ0v) is 22.2. The van der Waals surface area contributed by atoms with Crippen LogP contribution in [-0.2, 0) is 38.1 Å². The molecule has 0 heterocycles. The zero-order chi connectivity index (χ0) is 23.9. The predicted molar refractivity (Wildman–Crippen MR) is 126 cm³/mol. The van der Waals surface area contributed by atoms with Crippen LogP contribution in [0.4, 0.5) is 0 Å². The lowest BCUT2D eigenvalue weighted by atomic mass is 10.3. The van der Waals surface area contributed by atoms with Crippen LogP contribution in [0.15, 0.2) is 24.3 Å². The van der Waals surface area contributed by atoms with Gasteiger partial charge in [0.15, 0.2) is 0 Å². The largest absolute Gasteiger partial charge is 0.425 e. The van der Waals surface area contributed by atoms with Gasteiger partial charge in [0.25, 0.3) is 0 Å². The topological polar surface area (TPSA) is 105 Å². The predicted octanol–water partition coefficient (Wildman–Crippen LogP) is 0.576. The Morgan fingerprint density at radius 2 is 0.906 bits per heavy atom. The second-order valence-electron chi connectivity index (χ2n) is 7.60. The van der Waals surface area contributed by atoms with Crippen LogP contribution in [0, 0.1) is 0 Å². The average molecular weight is 483 g/mol. The Morgan fingerprint density at radius 1 is 0.625 bits per heavy atom. The summed E-state index contributed by atoms with van der Waals surface area (Å²) in [5.41, 5.74) is 0. The summed E-state index contributed by atoms with van der Waals surface area (Å²) < 4.78 is 20.1. The Morgan fingerprint density at radius 3 is 1.16 bits per heavy atom. The third-order valence-electron chi connectivity index (χ3n) is 4.52. The minimum Gasteiger partial charge on any atom is -0.425 e. The molecule has 0 spiro atoms. The van der Waals surface area contributed by atoms with Crippen LogP contribution in [0.3, 0.4) is 0 Å². The molecule has 0 saturated heterocycles. The summed E-state index contributed by atoms with van der Waals surface area (Å²) in [5, 5.41) is 2.73. The van der Waals surface area contributed by atoms with Crippen molar-refractivity contribution in [2.75, 3.05) is 0 Å². The van der Waals surface area contributed by atoms with Crippen LogP contribution < -0.4 is 10.4 Å². The van der Waals surface area contributed by atoms with E-state index in [0.717, 1.165) is 24.9 Å². The van der Waals surface area contributed by atoms with Gasteiger partial charge in [-0.2, -0.15) is 0 Å². The van der Waals surface area contributed by atoms with E-state index in [4.69, 9.17) is 18.9 Å². The highest BCUT2D eigenvalue weighted by Crippen LogP contribution is 2.09. The second-order valence-corrected chi connectivity index (χ2v) is 11.7. The zero-order valence-electron chi connectivity index (χ0n) is 19.4. The standard InChI is InChI=1S/C22H34O8Si2/c1-15(23)27-21(28-16(2)24)7-5-13-31-19-9-11-20(12-10-19)32-14-6-8-22(29-17(3)25)30-18(4)26/h9-12,21-22H,5-8,13-14,31-32H2,1-4H3. The van der Waals surface area contributed by atoms with Gasteiger partial charge in [0.05, 0.1) is 19.0 Å². The van der Waals surface area contributed by atoms with Crippen LogP contribution in [0.1, 0.15) is 53.4 Å². The summed E-state index contributed by atoms with van der Waals surface area (Å²) in [5.74, 6) is -1.83. The molecule has 0 radical (unpaired) electrons. The highest BCUT2D eigenvalue weighted by Gasteiger charge is 2.15. The quantitative estimate of drug-likeness (QED) is 0.164. The maximum Gasteiger partial charge on any atom is 0.305 e. The second kappa shape index (κ2) is 15.4. The Bertz CT molecular complexity index is 656. The van der Waals surface area contributed by atoms with Gasteiger partial charge in [-0.05, 0) is 12.8 Å². The van der Waals surface area contributed by atoms with E-state index in [1.165, 1.54) is 38.1 Å². The lowest BCUT2D eigenvalue weighted by Crippen LogP contribution is -2.24. The lowest BCUT2D eigenvalue weighted by molar-refractivity contribution is -0.187. The number of ether oxygens (including phenoxy) is 4. The van der Waals surface area contributed by atoms with Crippen LogP contribution in [0.2, 0.25) is 12.1 Å². The average Bonchev–Trinajstić information content (AvgIpc) is 2.67. The molecule has 0 bridgehead atoms. The molecule has 1 aromatic rings. The third kappa shape index (κ3) is 13.8. The van der Waals surface area contributed by atoms with E-state index in [0.29, 0.717) is 12.8 Å². The van der Waals surface area contributed by atoms with Gasteiger partial charge in [0, 0.05) is 40.5 Å². The van der Waals surface area contributed by atoms with Gasteiger partial charge in [-0.3, -0.25) is 19.2 Å². The van der Waals surface area contributed by atoms with Gasteiger partial charge in [-0.1, -0.05) is 46.7 Å². The number of rotatable bonds is 14. The van der Waals surface area contributed by atoms with Gasteiger partial charge in [0.1, 0.15) is 0 Å².